The number of rotatable bonds is 8. The molecule has 0 radical (unpaired) electrons. The summed E-state index contributed by atoms with van der Waals surface area (Å²) in [7, 11) is 0. The molecule has 11 aromatic carbocycles. The van der Waals surface area contributed by atoms with Crippen molar-refractivity contribution in [2.45, 2.75) is 5.41 Å². The highest BCUT2D eigenvalue weighted by Crippen LogP contribution is 2.56. The van der Waals surface area contributed by atoms with Crippen molar-refractivity contribution in [2.75, 3.05) is 4.90 Å². The Balaban J connectivity index is 0.922. The van der Waals surface area contributed by atoms with Crippen LogP contribution in [-0.2, 0) is 5.41 Å². The van der Waals surface area contributed by atoms with Crippen molar-refractivity contribution in [1.29, 1.82) is 0 Å². The van der Waals surface area contributed by atoms with E-state index in [-0.39, 0.29) is 0 Å². The van der Waals surface area contributed by atoms with Crippen molar-refractivity contribution >= 4 is 49.8 Å². The van der Waals surface area contributed by atoms with E-state index in [1.807, 2.05) is 12.1 Å². The molecule has 0 unspecified atom stereocenters. The van der Waals surface area contributed by atoms with Crippen LogP contribution in [0.2, 0.25) is 0 Å². The minimum absolute atomic E-state index is 0.458. The van der Waals surface area contributed by atoms with Gasteiger partial charge in [-0.3, -0.25) is 0 Å². The van der Waals surface area contributed by atoms with Crippen LogP contribution in [0.15, 0.2) is 265 Å². The zero-order valence-electron chi connectivity index (χ0n) is 36.7. The standard InChI is InChI=1S/C65H43NO/c1-3-18-50(19-4-1)65(51-20-5-2-6-21-51)61-27-11-9-24-57(61)58-39-33-48(43-62(58)65)45-31-37-53(38-32-45)66(54-22-13-17-49(41-54)56-26-14-16-46-15-7-8-23-55(46)56)52-35-29-44(30-36-52)47-34-40-64-60(42-47)59-25-10-12-28-63(59)67-64/h1-43H. The van der Waals surface area contributed by atoms with Crippen molar-refractivity contribution in [3.8, 4) is 44.5 Å². The molecule has 0 amide bonds. The number of hydrogen-bond donors (Lipinski definition) is 0. The maximum Gasteiger partial charge on any atom is 0.135 e. The van der Waals surface area contributed by atoms with Crippen molar-refractivity contribution in [3.05, 3.63) is 283 Å². The van der Waals surface area contributed by atoms with Crippen molar-refractivity contribution in [2.24, 2.45) is 0 Å². The van der Waals surface area contributed by atoms with Gasteiger partial charge in [-0.2, -0.15) is 0 Å². The largest absolute Gasteiger partial charge is 0.456 e. The molecule has 1 aliphatic carbocycles. The van der Waals surface area contributed by atoms with Crippen molar-refractivity contribution in [1.82, 2.24) is 0 Å². The molecule has 0 N–H and O–H groups in total. The van der Waals surface area contributed by atoms with Crippen molar-refractivity contribution < 1.29 is 4.42 Å². The molecule has 13 rings (SSSR count). The van der Waals surface area contributed by atoms with Gasteiger partial charge < -0.3 is 9.32 Å². The molecule has 0 atom stereocenters. The first-order valence-electron chi connectivity index (χ1n) is 23.1. The second-order valence-corrected chi connectivity index (χ2v) is 17.6. The fourth-order valence-corrected chi connectivity index (χ4v) is 10.9. The number of fused-ring (bicyclic) bond motifs is 7. The number of benzene rings is 11. The van der Waals surface area contributed by atoms with Gasteiger partial charge in [0.2, 0.25) is 0 Å². The number of para-hydroxylation sites is 1. The summed E-state index contributed by atoms with van der Waals surface area (Å²) in [6.07, 6.45) is 0. The van der Waals surface area contributed by atoms with Gasteiger partial charge >= 0.3 is 0 Å². The highest BCUT2D eigenvalue weighted by Gasteiger charge is 2.46. The van der Waals surface area contributed by atoms with E-state index in [2.05, 4.69) is 254 Å². The van der Waals surface area contributed by atoms with Crippen LogP contribution in [0.5, 0.6) is 0 Å². The third-order valence-corrected chi connectivity index (χ3v) is 14.0. The summed E-state index contributed by atoms with van der Waals surface area (Å²) < 4.78 is 6.17. The summed E-state index contributed by atoms with van der Waals surface area (Å²) in [5, 5.41) is 4.73. The Hall–Kier alpha value is -8.72. The topological polar surface area (TPSA) is 16.4 Å². The molecule has 314 valence electrons. The predicted octanol–water partition coefficient (Wildman–Crippen LogP) is 17.6. The van der Waals surface area contributed by atoms with Crippen LogP contribution in [0.3, 0.4) is 0 Å². The molecular formula is C65H43NO. The SMILES string of the molecule is c1ccc(C2(c3ccccc3)c3ccccc3-c3ccc(-c4ccc(N(c5ccc(-c6ccc7oc8ccccc8c7c6)cc5)c5cccc(-c6cccc7ccccc67)c5)cc4)cc32)cc1. The molecule has 1 aliphatic rings. The highest BCUT2D eigenvalue weighted by atomic mass is 16.3. The molecular weight excluding hydrogens is 811 g/mol. The zero-order valence-corrected chi connectivity index (χ0v) is 36.7. The smallest absolute Gasteiger partial charge is 0.135 e. The van der Waals surface area contributed by atoms with Gasteiger partial charge in [-0.1, -0.05) is 200 Å². The van der Waals surface area contributed by atoms with E-state index in [0.29, 0.717) is 0 Å². The summed E-state index contributed by atoms with van der Waals surface area (Å²) >= 11 is 0. The lowest BCUT2D eigenvalue weighted by Gasteiger charge is -2.34. The fourth-order valence-electron chi connectivity index (χ4n) is 10.9. The lowest BCUT2D eigenvalue weighted by atomic mass is 9.67. The van der Waals surface area contributed by atoms with E-state index in [4.69, 9.17) is 4.42 Å². The Kier molecular flexibility index (Phi) is 9.11. The third kappa shape index (κ3) is 6.33. The van der Waals surface area contributed by atoms with Crippen LogP contribution in [0.4, 0.5) is 17.1 Å². The van der Waals surface area contributed by atoms with Crippen LogP contribution >= 0.6 is 0 Å². The molecule has 67 heavy (non-hydrogen) atoms. The first-order chi connectivity index (χ1) is 33.2. The molecule has 0 aliphatic heterocycles. The minimum Gasteiger partial charge on any atom is -0.456 e. The van der Waals surface area contributed by atoms with E-state index >= 15 is 0 Å². The maximum absolute atomic E-state index is 6.17. The second kappa shape index (κ2) is 15.8. The van der Waals surface area contributed by atoms with Gasteiger partial charge in [0.1, 0.15) is 11.2 Å². The van der Waals surface area contributed by atoms with Gasteiger partial charge in [0.05, 0.1) is 5.41 Å². The van der Waals surface area contributed by atoms with E-state index in [9.17, 15) is 0 Å². The first kappa shape index (κ1) is 38.7. The normalized spacial score (nSPS) is 12.6. The lowest BCUT2D eigenvalue weighted by Crippen LogP contribution is -2.28. The molecule has 1 heterocycles. The van der Waals surface area contributed by atoms with E-state index in [0.717, 1.165) is 50.1 Å². The van der Waals surface area contributed by atoms with Gasteiger partial charge in [-0.25, -0.2) is 0 Å². The van der Waals surface area contributed by atoms with Crippen LogP contribution in [0.25, 0.3) is 77.2 Å². The Labute approximate surface area is 390 Å². The predicted molar refractivity (Wildman–Crippen MR) is 280 cm³/mol. The second-order valence-electron chi connectivity index (χ2n) is 17.6. The summed E-state index contributed by atoms with van der Waals surface area (Å²) in [5.41, 5.74) is 19.4. The third-order valence-electron chi connectivity index (χ3n) is 14.0. The molecule has 0 saturated carbocycles. The highest BCUT2D eigenvalue weighted by molar-refractivity contribution is 6.06. The van der Waals surface area contributed by atoms with Crippen LogP contribution in [0.1, 0.15) is 22.3 Å². The summed E-state index contributed by atoms with van der Waals surface area (Å²) in [5.74, 6) is 0. The molecule has 0 bridgehead atoms. The van der Waals surface area contributed by atoms with Crippen LogP contribution in [0, 0.1) is 0 Å². The summed E-state index contributed by atoms with van der Waals surface area (Å²) in [6.45, 7) is 0. The van der Waals surface area contributed by atoms with E-state index in [1.165, 1.54) is 66.4 Å². The average molecular weight is 854 g/mol. The number of nitrogens with zero attached hydrogens (tertiary/aromatic N) is 1. The first-order valence-corrected chi connectivity index (χ1v) is 23.1. The summed E-state index contributed by atoms with van der Waals surface area (Å²) in [4.78, 5) is 2.38. The maximum atomic E-state index is 6.17. The lowest BCUT2D eigenvalue weighted by molar-refractivity contribution is 0.669. The monoisotopic (exact) mass is 853 g/mol. The molecule has 0 spiro atoms. The zero-order chi connectivity index (χ0) is 44.3. The van der Waals surface area contributed by atoms with Crippen LogP contribution in [-0.4, -0.2) is 0 Å². The molecule has 0 fully saturated rings. The Morgan fingerprint density at radius 1 is 0.284 bits per heavy atom. The molecule has 0 saturated heterocycles. The van der Waals surface area contributed by atoms with E-state index < -0.39 is 5.41 Å². The van der Waals surface area contributed by atoms with Gasteiger partial charge in [0.25, 0.3) is 0 Å². The number of furan rings is 1. The van der Waals surface area contributed by atoms with Gasteiger partial charge in [-0.15, -0.1) is 0 Å². The minimum atomic E-state index is -0.458. The number of anilines is 3. The van der Waals surface area contributed by atoms with Gasteiger partial charge in [0.15, 0.2) is 0 Å². The Morgan fingerprint density at radius 3 is 1.57 bits per heavy atom. The molecule has 2 nitrogen and oxygen atoms in total. The number of hydrogen-bond acceptors (Lipinski definition) is 2. The van der Waals surface area contributed by atoms with E-state index in [1.54, 1.807) is 0 Å². The quantitative estimate of drug-likeness (QED) is 0.151. The average Bonchev–Trinajstić information content (AvgIpc) is 3.93. The van der Waals surface area contributed by atoms with Gasteiger partial charge in [0, 0.05) is 27.8 Å². The summed E-state index contributed by atoms with van der Waals surface area (Å²) in [6, 6.07) is 95.1. The molecule has 2 heteroatoms. The fraction of sp³-hybridized carbons (Fsp3) is 0.0154. The Morgan fingerprint density at radius 2 is 0.821 bits per heavy atom. The van der Waals surface area contributed by atoms with Gasteiger partial charge in [-0.05, 0) is 138 Å². The molecule has 1 aromatic heterocycles. The molecule has 12 aromatic rings. The van der Waals surface area contributed by atoms with Crippen molar-refractivity contribution in [3.63, 3.8) is 0 Å². The Bertz CT molecular complexity index is 3750. The van der Waals surface area contributed by atoms with Crippen LogP contribution < -0.4 is 4.90 Å².